The Morgan fingerprint density at radius 2 is 1.75 bits per heavy atom. The number of carbonyl (C=O) groups excluding carboxylic acids is 2. The van der Waals surface area contributed by atoms with Crippen molar-refractivity contribution in [2.24, 2.45) is 5.73 Å². The number of rotatable bonds is 4. The van der Waals surface area contributed by atoms with Crippen molar-refractivity contribution < 1.29 is 9.59 Å². The van der Waals surface area contributed by atoms with E-state index in [0.717, 1.165) is 36.0 Å². The van der Waals surface area contributed by atoms with E-state index in [-0.39, 0.29) is 12.5 Å². The zero-order valence-corrected chi connectivity index (χ0v) is 12.4. The fraction of sp³-hybridized carbons (Fsp3) is 0.500. The zero-order valence-electron chi connectivity index (χ0n) is 12.4. The molecule has 1 aromatic carbocycles. The average molecular weight is 274 g/mol. The molecule has 1 fully saturated rings. The van der Waals surface area contributed by atoms with Crippen molar-refractivity contribution in [1.29, 1.82) is 0 Å². The van der Waals surface area contributed by atoms with Crippen molar-refractivity contribution in [1.82, 2.24) is 4.90 Å². The second-order valence-electron chi connectivity index (χ2n) is 5.94. The maximum absolute atomic E-state index is 12.7. The third kappa shape index (κ3) is 2.55. The summed E-state index contributed by atoms with van der Waals surface area (Å²) in [6, 6.07) is 6.28. The molecule has 0 atom stereocenters. The van der Waals surface area contributed by atoms with Gasteiger partial charge in [-0.25, -0.2) is 0 Å². The molecule has 108 valence electrons. The van der Waals surface area contributed by atoms with Crippen LogP contribution in [0.5, 0.6) is 0 Å². The van der Waals surface area contributed by atoms with Crippen molar-refractivity contribution in [3.63, 3.8) is 0 Å². The first-order valence-electron chi connectivity index (χ1n) is 6.98. The summed E-state index contributed by atoms with van der Waals surface area (Å²) in [5.74, 6) is -0.469. The molecule has 0 bridgehead atoms. The molecule has 0 unspecified atom stereocenters. The predicted molar refractivity (Wildman–Crippen MR) is 78.3 cm³/mol. The van der Waals surface area contributed by atoms with Gasteiger partial charge in [-0.05, 0) is 32.3 Å². The summed E-state index contributed by atoms with van der Waals surface area (Å²) < 4.78 is 0. The number of likely N-dealkylation sites (N-methyl/N-ethyl adjacent to an activating group) is 1. The summed E-state index contributed by atoms with van der Waals surface area (Å²) in [7, 11) is 1.65. The van der Waals surface area contributed by atoms with Crippen LogP contribution in [-0.2, 0) is 15.0 Å². The molecule has 0 aliphatic heterocycles. The minimum absolute atomic E-state index is 0.00699. The smallest absolute Gasteiger partial charge is 0.237 e. The van der Waals surface area contributed by atoms with Crippen LogP contribution < -0.4 is 5.73 Å². The Hall–Kier alpha value is -1.84. The van der Waals surface area contributed by atoms with Crippen LogP contribution in [0.3, 0.4) is 0 Å². The molecule has 0 saturated heterocycles. The first kappa shape index (κ1) is 14.6. The van der Waals surface area contributed by atoms with Gasteiger partial charge in [0.25, 0.3) is 0 Å². The van der Waals surface area contributed by atoms with Gasteiger partial charge in [-0.2, -0.15) is 0 Å². The number of amides is 2. The highest BCUT2D eigenvalue weighted by molar-refractivity contribution is 5.92. The van der Waals surface area contributed by atoms with Gasteiger partial charge in [0.15, 0.2) is 0 Å². The molecule has 2 rings (SSSR count). The van der Waals surface area contributed by atoms with Crippen LogP contribution in [0.25, 0.3) is 0 Å². The normalized spacial score (nSPS) is 16.4. The number of aryl methyl sites for hydroxylation is 2. The zero-order chi connectivity index (χ0) is 14.9. The van der Waals surface area contributed by atoms with Gasteiger partial charge in [-0.3, -0.25) is 9.59 Å². The highest BCUT2D eigenvalue weighted by atomic mass is 16.2. The van der Waals surface area contributed by atoms with Gasteiger partial charge in [0.2, 0.25) is 11.8 Å². The predicted octanol–water partition coefficient (Wildman–Crippen LogP) is 1.67. The van der Waals surface area contributed by atoms with Crippen LogP contribution >= 0.6 is 0 Å². The minimum atomic E-state index is -0.476. The molecule has 0 spiro atoms. The molecule has 2 N–H and O–H groups in total. The molecule has 2 amide bonds. The molecule has 1 aliphatic rings. The monoisotopic (exact) mass is 274 g/mol. The van der Waals surface area contributed by atoms with Crippen LogP contribution in [0, 0.1) is 13.8 Å². The largest absolute Gasteiger partial charge is 0.368 e. The molecular weight excluding hydrogens is 252 g/mol. The maximum Gasteiger partial charge on any atom is 0.237 e. The van der Waals surface area contributed by atoms with Gasteiger partial charge in [-0.15, -0.1) is 0 Å². The third-order valence-corrected chi connectivity index (χ3v) is 4.13. The highest BCUT2D eigenvalue weighted by Gasteiger charge is 2.47. The Balaban J connectivity index is 2.33. The van der Waals surface area contributed by atoms with Gasteiger partial charge in [-0.1, -0.05) is 35.7 Å². The Kier molecular flexibility index (Phi) is 3.84. The first-order valence-corrected chi connectivity index (χ1v) is 6.98. The number of primary amides is 1. The van der Waals surface area contributed by atoms with E-state index >= 15 is 0 Å². The van der Waals surface area contributed by atoms with E-state index in [1.54, 1.807) is 7.05 Å². The summed E-state index contributed by atoms with van der Waals surface area (Å²) in [5, 5.41) is 0. The van der Waals surface area contributed by atoms with E-state index in [9.17, 15) is 9.59 Å². The molecule has 0 aromatic heterocycles. The third-order valence-electron chi connectivity index (χ3n) is 4.13. The molecule has 4 nitrogen and oxygen atoms in total. The van der Waals surface area contributed by atoms with Crippen molar-refractivity contribution in [3.8, 4) is 0 Å². The van der Waals surface area contributed by atoms with E-state index in [0.29, 0.717) is 0 Å². The molecule has 1 saturated carbocycles. The number of hydrogen-bond donors (Lipinski definition) is 1. The quantitative estimate of drug-likeness (QED) is 0.907. The molecule has 1 aromatic rings. The summed E-state index contributed by atoms with van der Waals surface area (Å²) in [4.78, 5) is 25.2. The lowest BCUT2D eigenvalue weighted by Gasteiger charge is -2.43. The number of hydrogen-bond acceptors (Lipinski definition) is 2. The van der Waals surface area contributed by atoms with Crippen LogP contribution in [-0.4, -0.2) is 30.3 Å². The minimum Gasteiger partial charge on any atom is -0.368 e. The lowest BCUT2D eigenvalue weighted by Crippen LogP contribution is -2.51. The van der Waals surface area contributed by atoms with Crippen LogP contribution in [0.15, 0.2) is 18.2 Å². The second-order valence-corrected chi connectivity index (χ2v) is 5.94. The maximum atomic E-state index is 12.7. The van der Waals surface area contributed by atoms with E-state index in [2.05, 4.69) is 18.2 Å². The molecule has 20 heavy (non-hydrogen) atoms. The average Bonchev–Trinajstić information content (AvgIpc) is 2.24. The van der Waals surface area contributed by atoms with Crippen molar-refractivity contribution in [2.45, 2.75) is 38.5 Å². The lowest BCUT2D eigenvalue weighted by molar-refractivity contribution is -0.142. The Labute approximate surface area is 119 Å². The van der Waals surface area contributed by atoms with Gasteiger partial charge in [0.1, 0.15) is 0 Å². The number of nitrogens with zero attached hydrogens (tertiary/aromatic N) is 1. The molecule has 4 heteroatoms. The Morgan fingerprint density at radius 3 is 2.15 bits per heavy atom. The SMILES string of the molecule is Cc1cc(C)cc(C2(C(=O)N(C)CC(N)=O)CCC2)c1. The molecule has 1 aliphatic carbocycles. The van der Waals surface area contributed by atoms with Crippen LogP contribution in [0.1, 0.15) is 36.0 Å². The van der Waals surface area contributed by atoms with Crippen molar-refractivity contribution >= 4 is 11.8 Å². The standard InChI is InChI=1S/C16H22N2O2/c1-11-7-12(2)9-13(8-11)16(5-4-6-16)15(20)18(3)10-14(17)19/h7-9H,4-6,10H2,1-3H3,(H2,17,19). The van der Waals surface area contributed by atoms with Gasteiger partial charge in [0.05, 0.1) is 12.0 Å². The summed E-state index contributed by atoms with van der Waals surface area (Å²) in [6.07, 6.45) is 2.73. The van der Waals surface area contributed by atoms with Crippen LogP contribution in [0.2, 0.25) is 0 Å². The van der Waals surface area contributed by atoms with E-state index in [1.165, 1.54) is 4.90 Å². The van der Waals surface area contributed by atoms with E-state index in [1.807, 2.05) is 13.8 Å². The summed E-state index contributed by atoms with van der Waals surface area (Å²) >= 11 is 0. The fourth-order valence-electron chi connectivity index (χ4n) is 3.08. The Bertz CT molecular complexity index is 527. The van der Waals surface area contributed by atoms with Crippen molar-refractivity contribution in [3.05, 3.63) is 34.9 Å². The summed E-state index contributed by atoms with van der Waals surface area (Å²) in [5.41, 5.74) is 8.13. The fourth-order valence-corrected chi connectivity index (χ4v) is 3.08. The second kappa shape index (κ2) is 5.27. The summed E-state index contributed by atoms with van der Waals surface area (Å²) in [6.45, 7) is 4.06. The van der Waals surface area contributed by atoms with E-state index < -0.39 is 11.3 Å². The molecule has 0 heterocycles. The van der Waals surface area contributed by atoms with Crippen LogP contribution in [0.4, 0.5) is 0 Å². The van der Waals surface area contributed by atoms with Gasteiger partial charge < -0.3 is 10.6 Å². The first-order chi connectivity index (χ1) is 9.35. The van der Waals surface area contributed by atoms with Crippen molar-refractivity contribution in [2.75, 3.05) is 13.6 Å². The number of carbonyl (C=O) groups is 2. The van der Waals surface area contributed by atoms with Gasteiger partial charge >= 0.3 is 0 Å². The number of benzene rings is 1. The molecule has 0 radical (unpaired) electrons. The Morgan fingerprint density at radius 1 is 1.20 bits per heavy atom. The highest BCUT2D eigenvalue weighted by Crippen LogP contribution is 2.45. The van der Waals surface area contributed by atoms with Gasteiger partial charge in [0, 0.05) is 7.05 Å². The number of nitrogens with two attached hydrogens (primary N) is 1. The molecular formula is C16H22N2O2. The van der Waals surface area contributed by atoms with E-state index in [4.69, 9.17) is 5.73 Å². The topological polar surface area (TPSA) is 63.4 Å². The lowest BCUT2D eigenvalue weighted by atomic mass is 9.63.